The standard InChI is InChI=1S/C24H31N5O3S/c1-24(2,30)20-5-3-6-21-19(20)12-15-28(21)22-11-13-25-23(27-22)26-17-7-9-18(10-8-17)29-14-4-16-33(29,31)32/h3,5-6,11-13,15,17-18,30H,4,7-10,14,16H2,1-2H3,(H,25,26,27)/t17-,18-. The molecule has 0 unspecified atom stereocenters. The average molecular weight is 470 g/mol. The van der Waals surface area contributed by atoms with Crippen molar-refractivity contribution in [2.45, 2.75) is 63.6 Å². The molecule has 33 heavy (non-hydrogen) atoms. The summed E-state index contributed by atoms with van der Waals surface area (Å²) in [6, 6.07) is 10.1. The quantitative estimate of drug-likeness (QED) is 0.594. The SMILES string of the molecule is CC(C)(O)c1cccc2c1ccn2-c1ccnc(N[C@H]2CC[C@H](N3CCCS3(=O)=O)CC2)n1. The minimum Gasteiger partial charge on any atom is -0.386 e. The van der Waals surface area contributed by atoms with Gasteiger partial charge in [-0.3, -0.25) is 0 Å². The first kappa shape index (κ1) is 22.3. The van der Waals surface area contributed by atoms with Gasteiger partial charge in [-0.2, -0.15) is 9.29 Å². The van der Waals surface area contributed by atoms with Gasteiger partial charge in [0.15, 0.2) is 0 Å². The molecule has 2 aliphatic rings. The van der Waals surface area contributed by atoms with E-state index in [1.807, 2.05) is 41.1 Å². The summed E-state index contributed by atoms with van der Waals surface area (Å²) >= 11 is 0. The predicted molar refractivity (Wildman–Crippen MR) is 129 cm³/mol. The van der Waals surface area contributed by atoms with E-state index in [1.54, 1.807) is 24.3 Å². The van der Waals surface area contributed by atoms with Gasteiger partial charge in [-0.1, -0.05) is 12.1 Å². The van der Waals surface area contributed by atoms with E-state index < -0.39 is 15.6 Å². The Kier molecular flexibility index (Phi) is 5.66. The number of nitrogens with zero attached hydrogens (tertiary/aromatic N) is 4. The fraction of sp³-hybridized carbons (Fsp3) is 0.500. The second-order valence-electron chi connectivity index (χ2n) is 9.65. The van der Waals surface area contributed by atoms with Crippen LogP contribution in [0.25, 0.3) is 16.7 Å². The third-order valence-electron chi connectivity index (χ3n) is 6.86. The molecule has 1 saturated carbocycles. The highest BCUT2D eigenvalue weighted by Crippen LogP contribution is 2.31. The Morgan fingerprint density at radius 3 is 2.61 bits per heavy atom. The number of hydrogen-bond donors (Lipinski definition) is 2. The fourth-order valence-corrected chi connectivity index (χ4v) is 7.01. The van der Waals surface area contributed by atoms with Crippen LogP contribution < -0.4 is 5.32 Å². The van der Waals surface area contributed by atoms with E-state index in [2.05, 4.69) is 10.3 Å². The first-order chi connectivity index (χ1) is 15.7. The minimum absolute atomic E-state index is 0.124. The van der Waals surface area contributed by atoms with E-state index in [-0.39, 0.29) is 17.8 Å². The van der Waals surface area contributed by atoms with Crippen LogP contribution in [0.1, 0.15) is 51.5 Å². The molecule has 2 fully saturated rings. The van der Waals surface area contributed by atoms with Crippen molar-refractivity contribution in [3.05, 3.63) is 48.3 Å². The third-order valence-corrected chi connectivity index (χ3v) is 8.85. The maximum Gasteiger partial charge on any atom is 0.224 e. The highest BCUT2D eigenvalue weighted by atomic mass is 32.2. The Bertz CT molecular complexity index is 1260. The van der Waals surface area contributed by atoms with Gasteiger partial charge in [-0.25, -0.2) is 13.4 Å². The molecule has 3 aromatic rings. The highest BCUT2D eigenvalue weighted by molar-refractivity contribution is 7.89. The maximum absolute atomic E-state index is 12.2. The van der Waals surface area contributed by atoms with Crippen molar-refractivity contribution in [3.8, 4) is 5.82 Å². The number of nitrogens with one attached hydrogen (secondary N) is 1. The number of aliphatic hydroxyl groups is 1. The third kappa shape index (κ3) is 4.37. The summed E-state index contributed by atoms with van der Waals surface area (Å²) in [6.07, 6.45) is 7.97. The molecule has 1 aliphatic heterocycles. The first-order valence-electron chi connectivity index (χ1n) is 11.6. The van der Waals surface area contributed by atoms with Crippen LogP contribution in [0.15, 0.2) is 42.7 Å². The van der Waals surface area contributed by atoms with Crippen molar-refractivity contribution in [1.29, 1.82) is 0 Å². The van der Waals surface area contributed by atoms with E-state index in [4.69, 9.17) is 4.98 Å². The number of rotatable bonds is 5. The zero-order chi connectivity index (χ0) is 23.2. The van der Waals surface area contributed by atoms with Gasteiger partial charge in [-0.15, -0.1) is 0 Å². The maximum atomic E-state index is 12.2. The molecule has 1 aromatic carbocycles. The van der Waals surface area contributed by atoms with Crippen LogP contribution in [0.3, 0.4) is 0 Å². The number of aromatic nitrogens is 3. The van der Waals surface area contributed by atoms with Gasteiger partial charge in [0.25, 0.3) is 0 Å². The topological polar surface area (TPSA) is 100 Å². The van der Waals surface area contributed by atoms with Crippen LogP contribution in [-0.4, -0.2) is 56.7 Å². The lowest BCUT2D eigenvalue weighted by Gasteiger charge is -2.33. The molecule has 1 saturated heterocycles. The molecule has 3 heterocycles. The molecule has 0 bridgehead atoms. The molecule has 176 valence electrons. The first-order valence-corrected chi connectivity index (χ1v) is 13.3. The second-order valence-corrected chi connectivity index (χ2v) is 11.7. The van der Waals surface area contributed by atoms with Crippen LogP contribution >= 0.6 is 0 Å². The van der Waals surface area contributed by atoms with Crippen molar-refractivity contribution in [1.82, 2.24) is 18.8 Å². The molecule has 0 spiro atoms. The van der Waals surface area contributed by atoms with Gasteiger partial charge in [-0.05, 0) is 69.7 Å². The molecule has 5 rings (SSSR count). The Hall–Kier alpha value is -2.49. The van der Waals surface area contributed by atoms with Gasteiger partial charge < -0.3 is 15.0 Å². The summed E-state index contributed by atoms with van der Waals surface area (Å²) in [5, 5.41) is 15.0. The minimum atomic E-state index is -3.05. The second kappa shape index (κ2) is 8.38. The number of benzene rings is 1. The molecule has 2 aromatic heterocycles. The van der Waals surface area contributed by atoms with Crippen LogP contribution in [0, 0.1) is 0 Å². The number of anilines is 1. The van der Waals surface area contributed by atoms with Crippen molar-refractivity contribution < 1.29 is 13.5 Å². The molecular formula is C24H31N5O3S. The largest absolute Gasteiger partial charge is 0.386 e. The van der Waals surface area contributed by atoms with Crippen LogP contribution in [0.2, 0.25) is 0 Å². The fourth-order valence-electron chi connectivity index (χ4n) is 5.21. The zero-order valence-electron chi connectivity index (χ0n) is 19.1. The number of hydrogen-bond acceptors (Lipinski definition) is 6. The molecule has 0 radical (unpaired) electrons. The normalized spacial score (nSPS) is 23.7. The molecule has 0 atom stereocenters. The molecular weight excluding hydrogens is 438 g/mol. The van der Waals surface area contributed by atoms with E-state index in [0.29, 0.717) is 12.5 Å². The Balaban J connectivity index is 1.31. The molecule has 2 N–H and O–H groups in total. The van der Waals surface area contributed by atoms with Gasteiger partial charge in [0.05, 0.1) is 16.9 Å². The predicted octanol–water partition coefficient (Wildman–Crippen LogP) is 3.41. The lowest BCUT2D eigenvalue weighted by Crippen LogP contribution is -2.41. The Morgan fingerprint density at radius 2 is 1.91 bits per heavy atom. The van der Waals surface area contributed by atoms with Gasteiger partial charge >= 0.3 is 0 Å². The van der Waals surface area contributed by atoms with E-state index >= 15 is 0 Å². The van der Waals surface area contributed by atoms with Gasteiger partial charge in [0.2, 0.25) is 16.0 Å². The molecule has 9 heteroatoms. The molecule has 8 nitrogen and oxygen atoms in total. The van der Waals surface area contributed by atoms with Crippen LogP contribution in [-0.2, 0) is 15.6 Å². The summed E-state index contributed by atoms with van der Waals surface area (Å²) in [5.74, 6) is 1.62. The van der Waals surface area contributed by atoms with Crippen molar-refractivity contribution >= 4 is 26.9 Å². The van der Waals surface area contributed by atoms with Crippen LogP contribution in [0.5, 0.6) is 0 Å². The Labute approximate surface area is 194 Å². The summed E-state index contributed by atoms with van der Waals surface area (Å²) in [4.78, 5) is 9.16. The van der Waals surface area contributed by atoms with E-state index in [0.717, 1.165) is 54.4 Å². The van der Waals surface area contributed by atoms with Crippen LogP contribution in [0.4, 0.5) is 5.95 Å². The zero-order valence-corrected chi connectivity index (χ0v) is 19.9. The number of fused-ring (bicyclic) bond motifs is 1. The van der Waals surface area contributed by atoms with Gasteiger partial charge in [0, 0.05) is 36.4 Å². The van der Waals surface area contributed by atoms with Crippen molar-refractivity contribution in [2.75, 3.05) is 17.6 Å². The van der Waals surface area contributed by atoms with Crippen molar-refractivity contribution in [3.63, 3.8) is 0 Å². The highest BCUT2D eigenvalue weighted by Gasteiger charge is 2.36. The summed E-state index contributed by atoms with van der Waals surface area (Å²) in [6.45, 7) is 4.25. The number of sulfonamides is 1. The monoisotopic (exact) mass is 469 g/mol. The summed E-state index contributed by atoms with van der Waals surface area (Å²) in [7, 11) is -3.05. The summed E-state index contributed by atoms with van der Waals surface area (Å²) in [5.41, 5.74) is 0.923. The van der Waals surface area contributed by atoms with E-state index in [9.17, 15) is 13.5 Å². The smallest absolute Gasteiger partial charge is 0.224 e. The van der Waals surface area contributed by atoms with Crippen molar-refractivity contribution in [2.24, 2.45) is 0 Å². The Morgan fingerprint density at radius 1 is 1.12 bits per heavy atom. The molecule has 0 amide bonds. The average Bonchev–Trinajstić information content (AvgIpc) is 3.36. The summed E-state index contributed by atoms with van der Waals surface area (Å²) < 4.78 is 28.2. The van der Waals surface area contributed by atoms with Gasteiger partial charge in [0.1, 0.15) is 5.82 Å². The lowest BCUT2D eigenvalue weighted by atomic mass is 9.91. The van der Waals surface area contributed by atoms with E-state index in [1.165, 1.54) is 0 Å². The lowest BCUT2D eigenvalue weighted by molar-refractivity contribution is 0.0802. The molecule has 1 aliphatic carbocycles.